The second-order valence-electron chi connectivity index (χ2n) is 2.29. The summed E-state index contributed by atoms with van der Waals surface area (Å²) in [7, 11) is 1.51. The fourth-order valence-corrected chi connectivity index (χ4v) is 0.649. The van der Waals surface area contributed by atoms with Crippen molar-refractivity contribution in [2.24, 2.45) is 5.73 Å². The Labute approximate surface area is 65.3 Å². The van der Waals surface area contributed by atoms with E-state index in [2.05, 4.69) is 10.6 Å². The van der Waals surface area contributed by atoms with E-state index >= 15 is 0 Å². The predicted octanol–water partition coefficient (Wildman–Crippen LogP) is -0.821. The first-order valence-electron chi connectivity index (χ1n) is 3.32. The van der Waals surface area contributed by atoms with Crippen LogP contribution in [0.4, 0.5) is 4.79 Å². The molecule has 0 aliphatic carbocycles. The zero-order valence-electron chi connectivity index (χ0n) is 6.68. The van der Waals surface area contributed by atoms with Crippen LogP contribution in [0.15, 0.2) is 0 Å². The molecule has 0 aliphatic heterocycles. The SMILES string of the molecule is CNC(=O)NC(C)CC(N)=O. The maximum Gasteiger partial charge on any atom is 0.314 e. The molecule has 5 nitrogen and oxygen atoms in total. The number of amides is 3. The van der Waals surface area contributed by atoms with Gasteiger partial charge in [-0.3, -0.25) is 4.79 Å². The first kappa shape index (κ1) is 9.74. The van der Waals surface area contributed by atoms with Crippen molar-refractivity contribution in [3.05, 3.63) is 0 Å². The summed E-state index contributed by atoms with van der Waals surface area (Å²) in [5, 5.41) is 4.88. The molecule has 11 heavy (non-hydrogen) atoms. The fraction of sp³-hybridized carbons (Fsp3) is 0.667. The second kappa shape index (κ2) is 4.54. The zero-order valence-corrected chi connectivity index (χ0v) is 6.68. The van der Waals surface area contributed by atoms with Gasteiger partial charge in [0.1, 0.15) is 0 Å². The van der Waals surface area contributed by atoms with Gasteiger partial charge in [-0.2, -0.15) is 0 Å². The lowest BCUT2D eigenvalue weighted by atomic mass is 10.2. The number of hydrogen-bond donors (Lipinski definition) is 3. The summed E-state index contributed by atoms with van der Waals surface area (Å²) < 4.78 is 0. The average molecular weight is 159 g/mol. The molecule has 0 rings (SSSR count). The van der Waals surface area contributed by atoms with Gasteiger partial charge in [-0.1, -0.05) is 0 Å². The molecule has 0 aliphatic rings. The van der Waals surface area contributed by atoms with Crippen molar-refractivity contribution < 1.29 is 9.59 Å². The number of nitrogens with one attached hydrogen (secondary N) is 2. The van der Waals surface area contributed by atoms with E-state index < -0.39 is 5.91 Å². The summed E-state index contributed by atoms with van der Waals surface area (Å²) in [5.74, 6) is -0.422. The summed E-state index contributed by atoms with van der Waals surface area (Å²) in [5.41, 5.74) is 4.90. The van der Waals surface area contributed by atoms with E-state index in [1.165, 1.54) is 7.05 Å². The van der Waals surface area contributed by atoms with Crippen molar-refractivity contribution >= 4 is 11.9 Å². The summed E-state index contributed by atoms with van der Waals surface area (Å²) >= 11 is 0. The third-order valence-corrected chi connectivity index (χ3v) is 1.11. The molecule has 0 aromatic rings. The lowest BCUT2D eigenvalue weighted by Gasteiger charge is -2.10. The minimum atomic E-state index is -0.422. The molecule has 0 saturated heterocycles. The van der Waals surface area contributed by atoms with Crippen LogP contribution in [-0.4, -0.2) is 25.0 Å². The molecule has 5 heteroatoms. The minimum absolute atomic E-state index is 0.160. The van der Waals surface area contributed by atoms with E-state index in [4.69, 9.17) is 5.73 Å². The van der Waals surface area contributed by atoms with Gasteiger partial charge in [0.15, 0.2) is 0 Å². The Bertz CT molecular complexity index is 158. The Kier molecular flexibility index (Phi) is 4.02. The molecule has 64 valence electrons. The lowest BCUT2D eigenvalue weighted by Crippen LogP contribution is -2.40. The number of hydrogen-bond acceptors (Lipinski definition) is 2. The molecule has 0 spiro atoms. The second-order valence-corrected chi connectivity index (χ2v) is 2.29. The van der Waals surface area contributed by atoms with E-state index in [-0.39, 0.29) is 18.5 Å². The molecule has 0 bridgehead atoms. The van der Waals surface area contributed by atoms with E-state index in [1.807, 2.05) is 0 Å². The van der Waals surface area contributed by atoms with Crippen molar-refractivity contribution in [1.82, 2.24) is 10.6 Å². The largest absolute Gasteiger partial charge is 0.370 e. The molecular formula is C6H13N3O2. The maximum absolute atomic E-state index is 10.6. The van der Waals surface area contributed by atoms with Gasteiger partial charge in [-0.05, 0) is 6.92 Å². The summed E-state index contributed by atoms with van der Waals surface area (Å²) in [6.07, 6.45) is 0.160. The number of rotatable bonds is 3. The highest BCUT2D eigenvalue weighted by molar-refractivity contribution is 5.77. The van der Waals surface area contributed by atoms with Gasteiger partial charge >= 0.3 is 6.03 Å². The van der Waals surface area contributed by atoms with Gasteiger partial charge in [0, 0.05) is 19.5 Å². The lowest BCUT2D eigenvalue weighted by molar-refractivity contribution is -0.118. The molecule has 3 amide bonds. The Hall–Kier alpha value is -1.26. The molecule has 0 fully saturated rings. The molecule has 4 N–H and O–H groups in total. The van der Waals surface area contributed by atoms with Crippen molar-refractivity contribution in [1.29, 1.82) is 0 Å². The third kappa shape index (κ3) is 5.20. The quantitative estimate of drug-likeness (QED) is 0.502. The van der Waals surface area contributed by atoms with Crippen LogP contribution in [0.2, 0.25) is 0 Å². The average Bonchev–Trinajstić information content (AvgIpc) is 1.85. The highest BCUT2D eigenvalue weighted by Gasteiger charge is 2.07. The molecule has 0 aromatic carbocycles. The topological polar surface area (TPSA) is 84.2 Å². The van der Waals surface area contributed by atoms with Crippen molar-refractivity contribution in [2.75, 3.05) is 7.05 Å². The van der Waals surface area contributed by atoms with Crippen LogP contribution >= 0.6 is 0 Å². The molecule has 0 radical (unpaired) electrons. The molecular weight excluding hydrogens is 146 g/mol. The van der Waals surface area contributed by atoms with Crippen molar-refractivity contribution in [3.63, 3.8) is 0 Å². The van der Waals surface area contributed by atoms with Gasteiger partial charge in [-0.25, -0.2) is 4.79 Å². The Balaban J connectivity index is 3.60. The molecule has 1 atom stereocenters. The molecule has 0 saturated carbocycles. The van der Waals surface area contributed by atoms with E-state index in [9.17, 15) is 9.59 Å². The Morgan fingerprint density at radius 3 is 2.45 bits per heavy atom. The van der Waals surface area contributed by atoms with E-state index in [0.29, 0.717) is 0 Å². The normalized spacial score (nSPS) is 11.8. The maximum atomic E-state index is 10.6. The van der Waals surface area contributed by atoms with Crippen LogP contribution in [0.3, 0.4) is 0 Å². The van der Waals surface area contributed by atoms with Crippen molar-refractivity contribution in [2.45, 2.75) is 19.4 Å². The molecule has 0 aromatic heterocycles. The van der Waals surface area contributed by atoms with Gasteiger partial charge in [0.05, 0.1) is 0 Å². The van der Waals surface area contributed by atoms with Crippen LogP contribution in [0.5, 0.6) is 0 Å². The highest BCUT2D eigenvalue weighted by Crippen LogP contribution is 1.87. The smallest absolute Gasteiger partial charge is 0.314 e. The van der Waals surface area contributed by atoms with Gasteiger partial charge in [-0.15, -0.1) is 0 Å². The van der Waals surface area contributed by atoms with E-state index in [0.717, 1.165) is 0 Å². The highest BCUT2D eigenvalue weighted by atomic mass is 16.2. The number of nitrogens with two attached hydrogens (primary N) is 1. The number of carbonyl (C=O) groups is 2. The summed E-state index contributed by atoms with van der Waals surface area (Å²) in [6.45, 7) is 1.71. The Morgan fingerprint density at radius 2 is 2.09 bits per heavy atom. The van der Waals surface area contributed by atoms with Crippen LogP contribution < -0.4 is 16.4 Å². The van der Waals surface area contributed by atoms with Crippen LogP contribution in [-0.2, 0) is 4.79 Å². The van der Waals surface area contributed by atoms with Crippen LogP contribution in [0.1, 0.15) is 13.3 Å². The van der Waals surface area contributed by atoms with E-state index in [1.54, 1.807) is 6.92 Å². The standard InChI is InChI=1S/C6H13N3O2/c1-4(3-5(7)10)9-6(11)8-2/h4H,3H2,1-2H3,(H2,7,10)(H2,8,9,11). The van der Waals surface area contributed by atoms with Gasteiger partial charge in [0.2, 0.25) is 5.91 Å². The van der Waals surface area contributed by atoms with Crippen LogP contribution in [0.25, 0.3) is 0 Å². The summed E-state index contributed by atoms with van der Waals surface area (Å²) in [6, 6.07) is -0.522. The van der Waals surface area contributed by atoms with Crippen LogP contribution in [0, 0.1) is 0 Å². The molecule has 1 unspecified atom stereocenters. The number of carbonyl (C=O) groups excluding carboxylic acids is 2. The van der Waals surface area contributed by atoms with Crippen molar-refractivity contribution in [3.8, 4) is 0 Å². The first-order valence-corrected chi connectivity index (χ1v) is 3.32. The first-order chi connectivity index (χ1) is 5.06. The van der Waals surface area contributed by atoms with Gasteiger partial charge in [0.25, 0.3) is 0 Å². The third-order valence-electron chi connectivity index (χ3n) is 1.11. The molecule has 0 heterocycles. The Morgan fingerprint density at radius 1 is 1.55 bits per heavy atom. The zero-order chi connectivity index (χ0) is 8.85. The van der Waals surface area contributed by atoms with Gasteiger partial charge < -0.3 is 16.4 Å². The number of urea groups is 1. The fourth-order valence-electron chi connectivity index (χ4n) is 0.649. The summed E-state index contributed by atoms with van der Waals surface area (Å²) in [4.78, 5) is 21.0. The monoisotopic (exact) mass is 159 g/mol. The minimum Gasteiger partial charge on any atom is -0.370 e. The predicted molar refractivity (Wildman–Crippen MR) is 40.9 cm³/mol. The number of primary amides is 1.